The number of anilines is 1. The molecule has 1 aromatic carbocycles. The predicted octanol–water partition coefficient (Wildman–Crippen LogP) is 5.00. The van der Waals surface area contributed by atoms with Gasteiger partial charge in [0.1, 0.15) is 5.76 Å². The maximum absolute atomic E-state index is 12.3. The minimum atomic E-state index is -0.103. The molecule has 1 amide bonds. The molecule has 0 spiro atoms. The summed E-state index contributed by atoms with van der Waals surface area (Å²) in [5.41, 5.74) is 4.16. The summed E-state index contributed by atoms with van der Waals surface area (Å²) >= 11 is 2.82. The summed E-state index contributed by atoms with van der Waals surface area (Å²) in [5.74, 6) is 0.982. The number of carbonyl (C=O) groups is 1. The molecule has 0 saturated carbocycles. The lowest BCUT2D eigenvalue weighted by molar-refractivity contribution is -0.113. The van der Waals surface area contributed by atoms with Gasteiger partial charge in [-0.15, -0.1) is 11.3 Å². The zero-order valence-electron chi connectivity index (χ0n) is 16.1. The van der Waals surface area contributed by atoms with Crippen molar-refractivity contribution in [3.05, 3.63) is 71.3 Å². The van der Waals surface area contributed by atoms with Crippen LogP contribution in [0.1, 0.15) is 17.0 Å². The highest BCUT2D eigenvalue weighted by atomic mass is 32.2. The molecule has 0 aliphatic rings. The molecule has 0 saturated heterocycles. The molecular weight excluding hydrogens is 404 g/mol. The molecule has 6 nitrogen and oxygen atoms in total. The van der Waals surface area contributed by atoms with E-state index in [4.69, 9.17) is 4.42 Å². The van der Waals surface area contributed by atoms with Crippen molar-refractivity contribution >= 4 is 34.1 Å². The van der Waals surface area contributed by atoms with Gasteiger partial charge in [0.25, 0.3) is 0 Å². The van der Waals surface area contributed by atoms with Crippen molar-refractivity contribution in [1.29, 1.82) is 0 Å². The van der Waals surface area contributed by atoms with Crippen LogP contribution in [-0.4, -0.2) is 26.2 Å². The van der Waals surface area contributed by atoms with Crippen LogP contribution in [0.2, 0.25) is 0 Å². The summed E-state index contributed by atoms with van der Waals surface area (Å²) < 4.78 is 7.61. The molecule has 0 aliphatic heterocycles. The van der Waals surface area contributed by atoms with Gasteiger partial charge in [-0.2, -0.15) is 0 Å². The fraction of sp³-hybridized carbons (Fsp3) is 0.190. The molecule has 0 bridgehead atoms. The number of hydrogen-bond acceptors (Lipinski definition) is 6. The predicted molar refractivity (Wildman–Crippen MR) is 116 cm³/mol. The molecule has 0 atom stereocenters. The highest BCUT2D eigenvalue weighted by Gasteiger charge is 2.16. The maximum Gasteiger partial charge on any atom is 0.236 e. The van der Waals surface area contributed by atoms with Crippen molar-refractivity contribution in [2.75, 3.05) is 11.1 Å². The molecule has 3 heterocycles. The Labute approximate surface area is 177 Å². The number of thioether (sulfide) groups is 1. The molecule has 4 aromatic rings. The molecule has 0 aliphatic carbocycles. The number of nitrogens with one attached hydrogen (secondary N) is 1. The van der Waals surface area contributed by atoms with E-state index in [9.17, 15) is 4.79 Å². The number of hydrogen-bond donors (Lipinski definition) is 1. The first kappa shape index (κ1) is 19.5. The Morgan fingerprint density at radius 3 is 2.76 bits per heavy atom. The lowest BCUT2D eigenvalue weighted by Gasteiger charge is -2.11. The van der Waals surface area contributed by atoms with Crippen molar-refractivity contribution in [2.24, 2.45) is 0 Å². The molecule has 29 heavy (non-hydrogen) atoms. The monoisotopic (exact) mass is 424 g/mol. The standard InChI is InChI=1S/C21H20N4O2S2/c1-14-5-7-16(8-6-14)18-10-22-21(25(18)11-17-4-3-9-27-17)29-13-19(26)24-20-23-15(2)12-28-20/h3-10,12H,11,13H2,1-2H3,(H,23,24,26). The van der Waals surface area contributed by atoms with Gasteiger partial charge in [0.05, 0.1) is 36.1 Å². The largest absolute Gasteiger partial charge is 0.467 e. The molecule has 4 rings (SSSR count). The molecule has 0 unspecified atom stereocenters. The Morgan fingerprint density at radius 1 is 1.24 bits per heavy atom. The van der Waals surface area contributed by atoms with E-state index in [0.717, 1.165) is 27.9 Å². The van der Waals surface area contributed by atoms with Crippen molar-refractivity contribution < 1.29 is 9.21 Å². The highest BCUT2D eigenvalue weighted by molar-refractivity contribution is 7.99. The van der Waals surface area contributed by atoms with E-state index in [2.05, 4.69) is 51.0 Å². The van der Waals surface area contributed by atoms with Crippen LogP contribution in [0.5, 0.6) is 0 Å². The topological polar surface area (TPSA) is 73.0 Å². The van der Waals surface area contributed by atoms with Crippen molar-refractivity contribution in [3.8, 4) is 11.3 Å². The van der Waals surface area contributed by atoms with Crippen LogP contribution in [0.15, 0.2) is 63.8 Å². The summed E-state index contributed by atoms with van der Waals surface area (Å²) in [6.07, 6.45) is 3.51. The number of furan rings is 1. The van der Waals surface area contributed by atoms with Crippen molar-refractivity contribution in [3.63, 3.8) is 0 Å². The summed E-state index contributed by atoms with van der Waals surface area (Å²) in [6, 6.07) is 12.1. The van der Waals surface area contributed by atoms with Gasteiger partial charge < -0.3 is 14.3 Å². The van der Waals surface area contributed by atoms with Crippen LogP contribution >= 0.6 is 23.1 Å². The fourth-order valence-electron chi connectivity index (χ4n) is 2.84. The number of carbonyl (C=O) groups excluding carboxylic acids is 1. The molecule has 148 valence electrons. The smallest absolute Gasteiger partial charge is 0.236 e. The Morgan fingerprint density at radius 2 is 2.07 bits per heavy atom. The van der Waals surface area contributed by atoms with Gasteiger partial charge in [-0.3, -0.25) is 4.79 Å². The number of amides is 1. The van der Waals surface area contributed by atoms with E-state index in [1.54, 1.807) is 6.26 Å². The van der Waals surface area contributed by atoms with Crippen LogP contribution in [0.25, 0.3) is 11.3 Å². The second kappa shape index (κ2) is 8.67. The number of aromatic nitrogens is 3. The number of thiazole rings is 1. The van der Waals surface area contributed by atoms with E-state index in [-0.39, 0.29) is 11.7 Å². The van der Waals surface area contributed by atoms with Gasteiger partial charge in [0.2, 0.25) is 5.91 Å². The van der Waals surface area contributed by atoms with E-state index in [1.165, 1.54) is 28.7 Å². The van der Waals surface area contributed by atoms with E-state index >= 15 is 0 Å². The van der Waals surface area contributed by atoms with E-state index < -0.39 is 0 Å². The fourth-order valence-corrected chi connectivity index (χ4v) is 4.32. The third-order valence-electron chi connectivity index (χ3n) is 4.26. The number of rotatable bonds is 7. The normalized spacial score (nSPS) is 11.0. The molecule has 8 heteroatoms. The highest BCUT2D eigenvalue weighted by Crippen LogP contribution is 2.28. The zero-order valence-corrected chi connectivity index (χ0v) is 17.7. The van der Waals surface area contributed by atoms with Gasteiger partial charge in [0, 0.05) is 5.38 Å². The minimum absolute atomic E-state index is 0.103. The van der Waals surface area contributed by atoms with Crippen molar-refractivity contribution in [2.45, 2.75) is 25.5 Å². The summed E-state index contributed by atoms with van der Waals surface area (Å²) in [5, 5.41) is 6.13. The minimum Gasteiger partial charge on any atom is -0.467 e. The first-order valence-electron chi connectivity index (χ1n) is 9.08. The van der Waals surface area contributed by atoms with Crippen LogP contribution in [0.3, 0.4) is 0 Å². The third kappa shape index (κ3) is 4.78. The van der Waals surface area contributed by atoms with Crippen LogP contribution in [-0.2, 0) is 11.3 Å². The van der Waals surface area contributed by atoms with Gasteiger partial charge in [-0.25, -0.2) is 9.97 Å². The second-order valence-electron chi connectivity index (χ2n) is 6.59. The Balaban J connectivity index is 1.54. The molecule has 1 N–H and O–H groups in total. The summed E-state index contributed by atoms with van der Waals surface area (Å²) in [7, 11) is 0. The SMILES string of the molecule is Cc1ccc(-c2cnc(SCC(=O)Nc3nc(C)cs3)n2Cc2ccco2)cc1. The number of nitrogens with zero attached hydrogens (tertiary/aromatic N) is 3. The number of aryl methyl sites for hydroxylation is 2. The van der Waals surface area contributed by atoms with Crippen LogP contribution in [0.4, 0.5) is 5.13 Å². The summed E-state index contributed by atoms with van der Waals surface area (Å²) in [4.78, 5) is 21.2. The van der Waals surface area contributed by atoms with Gasteiger partial charge in [-0.05, 0) is 31.5 Å². The Hall–Kier alpha value is -2.84. The number of imidazole rings is 1. The molecule has 3 aromatic heterocycles. The molecule has 0 fully saturated rings. The van der Waals surface area contributed by atoms with Crippen LogP contribution in [0, 0.1) is 13.8 Å². The van der Waals surface area contributed by atoms with Gasteiger partial charge in [-0.1, -0.05) is 41.6 Å². The van der Waals surface area contributed by atoms with Crippen LogP contribution < -0.4 is 5.32 Å². The maximum atomic E-state index is 12.3. The summed E-state index contributed by atoms with van der Waals surface area (Å²) in [6.45, 7) is 4.51. The van der Waals surface area contributed by atoms with E-state index in [1.807, 2.05) is 30.6 Å². The van der Waals surface area contributed by atoms with Crippen molar-refractivity contribution in [1.82, 2.24) is 14.5 Å². The first-order chi connectivity index (χ1) is 14.1. The van der Waals surface area contributed by atoms with Gasteiger partial charge in [0.15, 0.2) is 10.3 Å². The average Bonchev–Trinajstić information content (AvgIpc) is 3.44. The van der Waals surface area contributed by atoms with Gasteiger partial charge >= 0.3 is 0 Å². The lowest BCUT2D eigenvalue weighted by Crippen LogP contribution is -2.14. The van der Waals surface area contributed by atoms with E-state index in [0.29, 0.717) is 11.7 Å². The first-order valence-corrected chi connectivity index (χ1v) is 10.9. The third-order valence-corrected chi connectivity index (χ3v) is 6.12. The quantitative estimate of drug-likeness (QED) is 0.423. The average molecular weight is 425 g/mol. The zero-order chi connectivity index (χ0) is 20.2. The lowest BCUT2D eigenvalue weighted by atomic mass is 10.1. The Kier molecular flexibility index (Phi) is 5.82. The number of benzene rings is 1. The second-order valence-corrected chi connectivity index (χ2v) is 8.39. The Bertz CT molecular complexity index is 1100. The molecular formula is C21H20N4O2S2. The molecule has 0 radical (unpaired) electrons.